The summed E-state index contributed by atoms with van der Waals surface area (Å²) in [6.07, 6.45) is 2.14. The minimum absolute atomic E-state index is 0.0975. The summed E-state index contributed by atoms with van der Waals surface area (Å²) in [5.41, 5.74) is 2.04. The third-order valence-electron chi connectivity index (χ3n) is 3.55. The van der Waals surface area contributed by atoms with Crippen LogP contribution in [0.25, 0.3) is 0 Å². The number of anilines is 1. The molecule has 0 radical (unpaired) electrons. The second-order valence-electron chi connectivity index (χ2n) is 5.18. The van der Waals surface area contributed by atoms with Crippen molar-refractivity contribution in [3.8, 4) is 0 Å². The first-order chi connectivity index (χ1) is 8.13. The van der Waals surface area contributed by atoms with Gasteiger partial charge in [-0.15, -0.1) is 0 Å². The molecule has 3 heteroatoms. The molecular formula is C14H22N2O. The minimum atomic E-state index is 0.0975. The van der Waals surface area contributed by atoms with E-state index >= 15 is 0 Å². The van der Waals surface area contributed by atoms with E-state index in [-0.39, 0.29) is 6.61 Å². The molecule has 17 heavy (non-hydrogen) atoms. The van der Waals surface area contributed by atoms with Crippen LogP contribution in [0.5, 0.6) is 0 Å². The van der Waals surface area contributed by atoms with Gasteiger partial charge in [0, 0.05) is 18.3 Å². The van der Waals surface area contributed by atoms with E-state index in [1.807, 2.05) is 12.1 Å². The van der Waals surface area contributed by atoms with Crippen molar-refractivity contribution < 1.29 is 5.11 Å². The van der Waals surface area contributed by atoms with Crippen molar-refractivity contribution in [3.63, 3.8) is 0 Å². The zero-order valence-electron chi connectivity index (χ0n) is 11.0. The first-order valence-electron chi connectivity index (χ1n) is 6.51. The fourth-order valence-electron chi connectivity index (χ4n) is 2.67. The summed E-state index contributed by atoms with van der Waals surface area (Å²) >= 11 is 0. The molecule has 1 fully saturated rings. The Hall–Kier alpha value is -1.09. The molecule has 1 aliphatic heterocycles. The maximum Gasteiger partial charge on any atom is 0.129 e. The van der Waals surface area contributed by atoms with Crippen molar-refractivity contribution in [1.29, 1.82) is 0 Å². The van der Waals surface area contributed by atoms with Crippen LogP contribution in [0.2, 0.25) is 0 Å². The average Bonchev–Trinajstić information content (AvgIpc) is 2.67. The highest BCUT2D eigenvalue weighted by atomic mass is 16.3. The van der Waals surface area contributed by atoms with E-state index in [2.05, 4.69) is 30.7 Å². The molecule has 2 rings (SSSR count). The molecular weight excluding hydrogens is 212 g/mol. The molecule has 3 nitrogen and oxygen atoms in total. The average molecular weight is 234 g/mol. The van der Waals surface area contributed by atoms with Gasteiger partial charge >= 0.3 is 0 Å². The summed E-state index contributed by atoms with van der Waals surface area (Å²) < 4.78 is 0. The van der Waals surface area contributed by atoms with E-state index in [0.717, 1.165) is 36.0 Å². The molecule has 2 heterocycles. The number of aryl methyl sites for hydroxylation is 1. The molecule has 2 unspecified atom stereocenters. The quantitative estimate of drug-likeness (QED) is 0.872. The number of nitrogens with zero attached hydrogens (tertiary/aromatic N) is 2. The van der Waals surface area contributed by atoms with Gasteiger partial charge in [0.1, 0.15) is 5.82 Å². The Balaban J connectivity index is 2.31. The predicted octanol–water partition coefficient (Wildman–Crippen LogP) is 2.37. The van der Waals surface area contributed by atoms with Crippen molar-refractivity contribution >= 4 is 5.82 Å². The Morgan fingerprint density at radius 3 is 2.71 bits per heavy atom. The second-order valence-corrected chi connectivity index (χ2v) is 5.18. The van der Waals surface area contributed by atoms with Gasteiger partial charge < -0.3 is 10.0 Å². The van der Waals surface area contributed by atoms with Gasteiger partial charge in [-0.3, -0.25) is 0 Å². The van der Waals surface area contributed by atoms with Crippen LogP contribution < -0.4 is 4.90 Å². The van der Waals surface area contributed by atoms with E-state index in [1.54, 1.807) is 0 Å². The van der Waals surface area contributed by atoms with E-state index in [4.69, 9.17) is 0 Å². The van der Waals surface area contributed by atoms with Gasteiger partial charge in [-0.25, -0.2) is 4.98 Å². The SMILES string of the molecule is CCc1cc(CO)cc(N2CC(C)CC2C)n1. The molecule has 1 aromatic rings. The van der Waals surface area contributed by atoms with Crippen molar-refractivity contribution in [2.75, 3.05) is 11.4 Å². The lowest BCUT2D eigenvalue weighted by atomic mass is 10.1. The Morgan fingerprint density at radius 2 is 2.18 bits per heavy atom. The molecule has 0 bridgehead atoms. The molecule has 1 aliphatic rings. The van der Waals surface area contributed by atoms with Crippen LogP contribution in [0, 0.1) is 5.92 Å². The Labute approximate surface area is 103 Å². The van der Waals surface area contributed by atoms with E-state index in [1.165, 1.54) is 6.42 Å². The predicted molar refractivity (Wildman–Crippen MR) is 70.1 cm³/mol. The van der Waals surface area contributed by atoms with Crippen molar-refractivity contribution in [1.82, 2.24) is 4.98 Å². The summed E-state index contributed by atoms with van der Waals surface area (Å²) in [6, 6.07) is 4.57. The van der Waals surface area contributed by atoms with Crippen LogP contribution in [0.3, 0.4) is 0 Å². The summed E-state index contributed by atoms with van der Waals surface area (Å²) in [5.74, 6) is 1.76. The van der Waals surface area contributed by atoms with E-state index < -0.39 is 0 Å². The van der Waals surface area contributed by atoms with Crippen molar-refractivity contribution in [2.45, 2.75) is 46.3 Å². The maximum atomic E-state index is 9.30. The number of aliphatic hydroxyl groups excluding tert-OH is 1. The van der Waals surface area contributed by atoms with E-state index in [9.17, 15) is 5.11 Å². The maximum absolute atomic E-state index is 9.30. The summed E-state index contributed by atoms with van der Waals surface area (Å²) in [4.78, 5) is 7.05. The first-order valence-corrected chi connectivity index (χ1v) is 6.51. The lowest BCUT2D eigenvalue weighted by molar-refractivity contribution is 0.281. The Kier molecular flexibility index (Phi) is 3.67. The normalized spacial score (nSPS) is 24.4. The molecule has 0 aromatic carbocycles. The number of hydrogen-bond donors (Lipinski definition) is 1. The molecule has 0 aliphatic carbocycles. The standard InChI is InChI=1S/C14H22N2O/c1-4-13-6-12(9-17)7-14(15-13)16-8-10(2)5-11(16)3/h6-7,10-11,17H,4-5,8-9H2,1-3H3. The molecule has 0 saturated carbocycles. The van der Waals surface area contributed by atoms with Crippen molar-refractivity contribution in [2.24, 2.45) is 5.92 Å². The van der Waals surface area contributed by atoms with Crippen LogP contribution >= 0.6 is 0 Å². The highest BCUT2D eigenvalue weighted by Crippen LogP contribution is 2.28. The third-order valence-corrected chi connectivity index (χ3v) is 3.55. The van der Waals surface area contributed by atoms with Gasteiger partial charge in [0.05, 0.1) is 6.61 Å². The molecule has 1 saturated heterocycles. The minimum Gasteiger partial charge on any atom is -0.392 e. The number of pyridine rings is 1. The smallest absolute Gasteiger partial charge is 0.129 e. The third kappa shape index (κ3) is 2.60. The fourth-order valence-corrected chi connectivity index (χ4v) is 2.67. The summed E-state index contributed by atoms with van der Waals surface area (Å²) in [7, 11) is 0. The number of aromatic nitrogens is 1. The van der Waals surface area contributed by atoms with Crippen LogP contribution in [0.1, 0.15) is 38.4 Å². The van der Waals surface area contributed by atoms with Crippen LogP contribution in [-0.2, 0) is 13.0 Å². The Morgan fingerprint density at radius 1 is 1.41 bits per heavy atom. The highest BCUT2D eigenvalue weighted by molar-refractivity contribution is 5.45. The van der Waals surface area contributed by atoms with Crippen LogP contribution in [0.15, 0.2) is 12.1 Å². The van der Waals surface area contributed by atoms with Crippen LogP contribution in [0.4, 0.5) is 5.82 Å². The van der Waals surface area contributed by atoms with Gasteiger partial charge in [-0.05, 0) is 43.4 Å². The Bertz CT molecular complexity index is 370. The van der Waals surface area contributed by atoms with Gasteiger partial charge in [-0.1, -0.05) is 13.8 Å². The second kappa shape index (κ2) is 5.05. The number of rotatable bonds is 3. The molecule has 1 N–H and O–H groups in total. The first kappa shape index (κ1) is 12.4. The topological polar surface area (TPSA) is 36.4 Å². The van der Waals surface area contributed by atoms with Crippen LogP contribution in [-0.4, -0.2) is 22.7 Å². The number of hydrogen-bond acceptors (Lipinski definition) is 3. The lowest BCUT2D eigenvalue weighted by Gasteiger charge is -2.23. The van der Waals surface area contributed by atoms with Gasteiger partial charge in [0.15, 0.2) is 0 Å². The molecule has 94 valence electrons. The van der Waals surface area contributed by atoms with Crippen molar-refractivity contribution in [3.05, 3.63) is 23.4 Å². The number of aliphatic hydroxyl groups is 1. The lowest BCUT2D eigenvalue weighted by Crippen LogP contribution is -2.28. The van der Waals surface area contributed by atoms with E-state index in [0.29, 0.717) is 6.04 Å². The largest absolute Gasteiger partial charge is 0.392 e. The zero-order chi connectivity index (χ0) is 12.4. The fraction of sp³-hybridized carbons (Fsp3) is 0.643. The highest BCUT2D eigenvalue weighted by Gasteiger charge is 2.27. The molecule has 1 aromatic heterocycles. The van der Waals surface area contributed by atoms with Gasteiger partial charge in [0.2, 0.25) is 0 Å². The monoisotopic (exact) mass is 234 g/mol. The molecule has 0 amide bonds. The molecule has 0 spiro atoms. The summed E-state index contributed by atoms with van der Waals surface area (Å²) in [5, 5.41) is 9.30. The molecule has 2 atom stereocenters. The van der Waals surface area contributed by atoms with Gasteiger partial charge in [0.25, 0.3) is 0 Å². The summed E-state index contributed by atoms with van der Waals surface area (Å²) in [6.45, 7) is 7.81. The van der Waals surface area contributed by atoms with Gasteiger partial charge in [-0.2, -0.15) is 0 Å². The zero-order valence-corrected chi connectivity index (χ0v) is 11.0.